The van der Waals surface area contributed by atoms with Crippen LogP contribution in [-0.4, -0.2) is 18.1 Å². The predicted octanol–water partition coefficient (Wildman–Crippen LogP) is 3.47. The van der Waals surface area contributed by atoms with Gasteiger partial charge in [-0.05, 0) is 25.5 Å². The van der Waals surface area contributed by atoms with E-state index in [2.05, 4.69) is 17.2 Å². The third kappa shape index (κ3) is 4.51. The summed E-state index contributed by atoms with van der Waals surface area (Å²) in [5.74, 6) is 0.709. The van der Waals surface area contributed by atoms with Gasteiger partial charge in [0.05, 0.1) is 12.3 Å². The number of nitrogens with one attached hydrogen (secondary N) is 1. The van der Waals surface area contributed by atoms with Gasteiger partial charge >= 0.3 is 0 Å². The van der Waals surface area contributed by atoms with Crippen LogP contribution in [0, 0.1) is 0 Å². The Morgan fingerprint density at radius 3 is 2.88 bits per heavy atom. The molecule has 0 aliphatic rings. The number of nitrogens with zero attached hydrogens (tertiary/aromatic N) is 1. The van der Waals surface area contributed by atoms with Gasteiger partial charge in [0.25, 0.3) is 0 Å². The second kappa shape index (κ2) is 7.97. The predicted molar refractivity (Wildman–Crippen MR) is 68.0 cm³/mol. The van der Waals surface area contributed by atoms with Crippen molar-refractivity contribution < 1.29 is 4.74 Å². The molecule has 1 aromatic heterocycles. The van der Waals surface area contributed by atoms with Gasteiger partial charge in [0.2, 0.25) is 5.88 Å². The number of anilines is 1. The molecule has 0 aromatic carbocycles. The molecule has 0 unspecified atom stereocenters. The maximum absolute atomic E-state index is 5.44. The van der Waals surface area contributed by atoms with E-state index in [9.17, 15) is 0 Å². The molecular formula is C13H22N2O. The number of ether oxygens (including phenoxy) is 1. The Labute approximate surface area is 98.2 Å². The first-order valence-electron chi connectivity index (χ1n) is 6.20. The van der Waals surface area contributed by atoms with Crippen molar-refractivity contribution in [2.75, 3.05) is 18.5 Å². The third-order valence-electron chi connectivity index (χ3n) is 2.40. The standard InChI is InChI=1S/C13H22N2O/c1-3-5-6-7-10-14-12-9-8-11-15-13(12)16-4-2/h8-9,11,14H,3-7,10H2,1-2H3. The fourth-order valence-corrected chi connectivity index (χ4v) is 1.55. The summed E-state index contributed by atoms with van der Waals surface area (Å²) in [4.78, 5) is 4.20. The highest BCUT2D eigenvalue weighted by atomic mass is 16.5. The lowest BCUT2D eigenvalue weighted by molar-refractivity contribution is 0.328. The third-order valence-corrected chi connectivity index (χ3v) is 2.40. The van der Waals surface area contributed by atoms with Crippen molar-refractivity contribution in [1.82, 2.24) is 4.98 Å². The quantitative estimate of drug-likeness (QED) is 0.684. The van der Waals surface area contributed by atoms with E-state index in [0.717, 1.165) is 12.2 Å². The van der Waals surface area contributed by atoms with Crippen molar-refractivity contribution >= 4 is 5.69 Å². The highest BCUT2D eigenvalue weighted by Crippen LogP contribution is 2.20. The molecule has 0 bridgehead atoms. The van der Waals surface area contributed by atoms with E-state index in [-0.39, 0.29) is 0 Å². The van der Waals surface area contributed by atoms with Crippen LogP contribution in [0.5, 0.6) is 5.88 Å². The van der Waals surface area contributed by atoms with Crippen LogP contribution in [0.2, 0.25) is 0 Å². The van der Waals surface area contributed by atoms with Gasteiger partial charge in [-0.1, -0.05) is 26.2 Å². The van der Waals surface area contributed by atoms with Crippen LogP contribution in [0.1, 0.15) is 39.5 Å². The van der Waals surface area contributed by atoms with Gasteiger partial charge in [0.1, 0.15) is 0 Å². The molecule has 0 aliphatic heterocycles. The highest BCUT2D eigenvalue weighted by molar-refractivity contribution is 5.51. The molecule has 0 radical (unpaired) electrons. The van der Waals surface area contributed by atoms with Gasteiger partial charge in [-0.25, -0.2) is 4.98 Å². The molecule has 1 aromatic rings. The van der Waals surface area contributed by atoms with Gasteiger partial charge in [-0.15, -0.1) is 0 Å². The molecule has 0 atom stereocenters. The molecule has 3 heteroatoms. The summed E-state index contributed by atoms with van der Waals surface area (Å²) >= 11 is 0. The molecule has 0 amide bonds. The first kappa shape index (κ1) is 12.8. The second-order valence-electron chi connectivity index (χ2n) is 3.78. The summed E-state index contributed by atoms with van der Waals surface area (Å²) in [6.45, 7) is 5.84. The normalized spacial score (nSPS) is 10.1. The van der Waals surface area contributed by atoms with Crippen LogP contribution in [-0.2, 0) is 0 Å². The lowest BCUT2D eigenvalue weighted by atomic mass is 10.2. The van der Waals surface area contributed by atoms with Gasteiger partial charge < -0.3 is 10.1 Å². The smallest absolute Gasteiger partial charge is 0.237 e. The van der Waals surface area contributed by atoms with Crippen molar-refractivity contribution in [3.05, 3.63) is 18.3 Å². The average molecular weight is 222 g/mol. The van der Waals surface area contributed by atoms with Crippen LogP contribution < -0.4 is 10.1 Å². The molecule has 0 spiro atoms. The number of hydrogen-bond acceptors (Lipinski definition) is 3. The zero-order chi connectivity index (χ0) is 11.6. The summed E-state index contributed by atoms with van der Waals surface area (Å²) in [7, 11) is 0. The van der Waals surface area contributed by atoms with E-state index in [1.165, 1.54) is 25.7 Å². The number of pyridine rings is 1. The van der Waals surface area contributed by atoms with E-state index in [0.29, 0.717) is 12.5 Å². The van der Waals surface area contributed by atoms with E-state index in [1.807, 2.05) is 19.1 Å². The maximum Gasteiger partial charge on any atom is 0.237 e. The number of rotatable bonds is 8. The summed E-state index contributed by atoms with van der Waals surface area (Å²) in [5.41, 5.74) is 1.00. The number of aromatic nitrogens is 1. The number of unbranched alkanes of at least 4 members (excludes halogenated alkanes) is 3. The summed E-state index contributed by atoms with van der Waals surface area (Å²) in [6, 6.07) is 3.94. The van der Waals surface area contributed by atoms with Gasteiger partial charge in [0.15, 0.2) is 0 Å². The molecule has 1 N–H and O–H groups in total. The van der Waals surface area contributed by atoms with Crippen LogP contribution in [0.25, 0.3) is 0 Å². The molecule has 3 nitrogen and oxygen atoms in total. The minimum Gasteiger partial charge on any atom is -0.476 e. The first-order valence-corrected chi connectivity index (χ1v) is 6.20. The fourth-order valence-electron chi connectivity index (χ4n) is 1.55. The second-order valence-corrected chi connectivity index (χ2v) is 3.78. The Balaban J connectivity index is 2.34. The molecular weight excluding hydrogens is 200 g/mol. The van der Waals surface area contributed by atoms with Crippen molar-refractivity contribution in [3.8, 4) is 5.88 Å². The maximum atomic E-state index is 5.44. The number of hydrogen-bond donors (Lipinski definition) is 1. The summed E-state index contributed by atoms with van der Waals surface area (Å²) < 4.78 is 5.44. The molecule has 0 saturated carbocycles. The Morgan fingerprint density at radius 1 is 1.25 bits per heavy atom. The van der Waals surface area contributed by atoms with Gasteiger partial charge in [-0.3, -0.25) is 0 Å². The van der Waals surface area contributed by atoms with Crippen molar-refractivity contribution in [3.63, 3.8) is 0 Å². The Morgan fingerprint density at radius 2 is 2.12 bits per heavy atom. The highest BCUT2D eigenvalue weighted by Gasteiger charge is 2.02. The molecule has 16 heavy (non-hydrogen) atoms. The lowest BCUT2D eigenvalue weighted by Gasteiger charge is -2.10. The van der Waals surface area contributed by atoms with Crippen LogP contribution in [0.4, 0.5) is 5.69 Å². The largest absolute Gasteiger partial charge is 0.476 e. The van der Waals surface area contributed by atoms with Crippen molar-refractivity contribution in [1.29, 1.82) is 0 Å². The van der Waals surface area contributed by atoms with Gasteiger partial charge in [0, 0.05) is 12.7 Å². The lowest BCUT2D eigenvalue weighted by Crippen LogP contribution is -2.05. The van der Waals surface area contributed by atoms with Crippen LogP contribution in [0.3, 0.4) is 0 Å². The van der Waals surface area contributed by atoms with E-state index >= 15 is 0 Å². The van der Waals surface area contributed by atoms with Crippen molar-refractivity contribution in [2.45, 2.75) is 39.5 Å². The molecule has 0 aliphatic carbocycles. The van der Waals surface area contributed by atoms with E-state index in [4.69, 9.17) is 4.74 Å². The minimum absolute atomic E-state index is 0.654. The SMILES string of the molecule is CCCCCCNc1cccnc1OCC. The van der Waals surface area contributed by atoms with Crippen LogP contribution >= 0.6 is 0 Å². The molecule has 1 heterocycles. The molecule has 90 valence electrons. The summed E-state index contributed by atoms with van der Waals surface area (Å²) in [5, 5.41) is 3.37. The zero-order valence-corrected chi connectivity index (χ0v) is 10.3. The van der Waals surface area contributed by atoms with E-state index in [1.54, 1.807) is 6.20 Å². The van der Waals surface area contributed by atoms with Crippen LogP contribution in [0.15, 0.2) is 18.3 Å². The van der Waals surface area contributed by atoms with Gasteiger partial charge in [-0.2, -0.15) is 0 Å². The Bertz CT molecular complexity index is 289. The topological polar surface area (TPSA) is 34.2 Å². The zero-order valence-electron chi connectivity index (χ0n) is 10.3. The summed E-state index contributed by atoms with van der Waals surface area (Å²) in [6.07, 6.45) is 6.83. The first-order chi connectivity index (χ1) is 7.88. The monoisotopic (exact) mass is 222 g/mol. The molecule has 0 saturated heterocycles. The Hall–Kier alpha value is -1.25. The molecule has 0 fully saturated rings. The Kier molecular flexibility index (Phi) is 6.38. The average Bonchev–Trinajstić information content (AvgIpc) is 2.31. The molecule has 1 rings (SSSR count). The fraction of sp³-hybridized carbons (Fsp3) is 0.615. The van der Waals surface area contributed by atoms with E-state index < -0.39 is 0 Å². The minimum atomic E-state index is 0.654. The van der Waals surface area contributed by atoms with Crippen molar-refractivity contribution in [2.24, 2.45) is 0 Å².